The van der Waals surface area contributed by atoms with E-state index in [-0.39, 0.29) is 9.90 Å². The van der Waals surface area contributed by atoms with Crippen molar-refractivity contribution in [3.63, 3.8) is 0 Å². The van der Waals surface area contributed by atoms with Crippen molar-refractivity contribution < 1.29 is 14.3 Å². The minimum Gasteiger partial charge on any atom is -0.449 e. The predicted octanol–water partition coefficient (Wildman–Crippen LogP) is 4.86. The molecule has 0 bridgehead atoms. The van der Waals surface area contributed by atoms with Gasteiger partial charge in [-0.2, -0.15) is 0 Å². The zero-order chi connectivity index (χ0) is 17.1. The van der Waals surface area contributed by atoms with Gasteiger partial charge in [-0.25, -0.2) is 4.79 Å². The molecule has 7 heteroatoms. The van der Waals surface area contributed by atoms with Crippen LogP contribution in [-0.2, 0) is 9.53 Å². The van der Waals surface area contributed by atoms with Gasteiger partial charge in [-0.05, 0) is 44.0 Å². The first-order valence-corrected chi connectivity index (χ1v) is 8.39. The van der Waals surface area contributed by atoms with E-state index in [9.17, 15) is 9.59 Å². The SMILES string of the molecule is Cc1ccc(C)c(NC(=O)C(C)OC(=O)c2cc(Cl)sc2Cl)c1. The number of hydrogen-bond donors (Lipinski definition) is 1. The molecule has 4 nitrogen and oxygen atoms in total. The predicted molar refractivity (Wildman–Crippen MR) is 93.8 cm³/mol. The Morgan fingerprint density at radius 1 is 1.22 bits per heavy atom. The van der Waals surface area contributed by atoms with Crippen LogP contribution in [-0.4, -0.2) is 18.0 Å². The number of hydrogen-bond acceptors (Lipinski definition) is 4. The van der Waals surface area contributed by atoms with Gasteiger partial charge >= 0.3 is 5.97 Å². The normalized spacial score (nSPS) is 11.9. The second kappa shape index (κ2) is 7.34. The van der Waals surface area contributed by atoms with Gasteiger partial charge in [-0.15, -0.1) is 11.3 Å². The Morgan fingerprint density at radius 3 is 2.52 bits per heavy atom. The molecule has 1 N–H and O–H groups in total. The Hall–Kier alpha value is -1.56. The molecular formula is C16H15Cl2NO3S. The lowest BCUT2D eigenvalue weighted by Crippen LogP contribution is -2.30. The zero-order valence-corrected chi connectivity index (χ0v) is 15.1. The maximum atomic E-state index is 12.2. The quantitative estimate of drug-likeness (QED) is 0.780. The molecule has 1 amide bonds. The van der Waals surface area contributed by atoms with Crippen molar-refractivity contribution >= 4 is 52.1 Å². The van der Waals surface area contributed by atoms with Gasteiger partial charge in [-0.3, -0.25) is 4.79 Å². The first-order valence-electron chi connectivity index (χ1n) is 6.82. The summed E-state index contributed by atoms with van der Waals surface area (Å²) in [7, 11) is 0. The average molecular weight is 372 g/mol. The highest BCUT2D eigenvalue weighted by Gasteiger charge is 2.22. The molecule has 23 heavy (non-hydrogen) atoms. The van der Waals surface area contributed by atoms with Crippen LogP contribution in [0.2, 0.25) is 8.67 Å². The number of benzene rings is 1. The summed E-state index contributed by atoms with van der Waals surface area (Å²) in [6.45, 7) is 5.32. The molecule has 0 saturated carbocycles. The van der Waals surface area contributed by atoms with Crippen molar-refractivity contribution in [3.8, 4) is 0 Å². The molecule has 0 fully saturated rings. The Balaban J connectivity index is 2.04. The van der Waals surface area contributed by atoms with Crippen LogP contribution < -0.4 is 5.32 Å². The Labute approximate surface area is 148 Å². The number of halogens is 2. The van der Waals surface area contributed by atoms with Gasteiger partial charge in [-0.1, -0.05) is 35.3 Å². The van der Waals surface area contributed by atoms with Crippen LogP contribution in [0.4, 0.5) is 5.69 Å². The lowest BCUT2D eigenvalue weighted by atomic mass is 10.1. The summed E-state index contributed by atoms with van der Waals surface area (Å²) < 4.78 is 5.77. The van der Waals surface area contributed by atoms with Crippen LogP contribution in [0.25, 0.3) is 0 Å². The summed E-state index contributed by atoms with van der Waals surface area (Å²) >= 11 is 12.8. The van der Waals surface area contributed by atoms with Crippen molar-refractivity contribution in [2.45, 2.75) is 26.9 Å². The standard InChI is InChI=1S/C16H15Cl2NO3S/c1-8-4-5-9(2)12(6-8)19-15(20)10(3)22-16(21)11-7-13(17)23-14(11)18/h4-7,10H,1-3H3,(H,19,20). The van der Waals surface area contributed by atoms with E-state index in [2.05, 4.69) is 5.32 Å². The number of anilines is 1. The second-order valence-electron chi connectivity index (χ2n) is 5.09. The van der Waals surface area contributed by atoms with E-state index in [1.807, 2.05) is 32.0 Å². The topological polar surface area (TPSA) is 55.4 Å². The number of esters is 1. The molecule has 1 atom stereocenters. The van der Waals surface area contributed by atoms with Crippen LogP contribution in [0.15, 0.2) is 24.3 Å². The van der Waals surface area contributed by atoms with Crippen LogP contribution in [0.3, 0.4) is 0 Å². The van der Waals surface area contributed by atoms with Crippen molar-refractivity contribution in [2.24, 2.45) is 0 Å². The van der Waals surface area contributed by atoms with Crippen LogP contribution >= 0.6 is 34.5 Å². The maximum Gasteiger partial charge on any atom is 0.341 e. The minimum atomic E-state index is -0.961. The Bertz CT molecular complexity index is 758. The minimum absolute atomic E-state index is 0.160. The first kappa shape index (κ1) is 17.8. The van der Waals surface area contributed by atoms with E-state index < -0.39 is 18.0 Å². The summed E-state index contributed by atoms with van der Waals surface area (Å²) in [5, 5.41) is 2.75. The number of aryl methyl sites for hydroxylation is 2. The van der Waals surface area contributed by atoms with Gasteiger partial charge in [0.05, 0.1) is 9.90 Å². The largest absolute Gasteiger partial charge is 0.449 e. The fourth-order valence-corrected chi connectivity index (χ4v) is 3.30. The van der Waals surface area contributed by atoms with Gasteiger partial charge in [0, 0.05) is 5.69 Å². The summed E-state index contributed by atoms with van der Waals surface area (Å²) in [4.78, 5) is 24.2. The Morgan fingerprint density at radius 2 is 1.91 bits per heavy atom. The van der Waals surface area contributed by atoms with E-state index in [0.29, 0.717) is 10.0 Å². The van der Waals surface area contributed by atoms with E-state index in [4.69, 9.17) is 27.9 Å². The van der Waals surface area contributed by atoms with Gasteiger partial charge in [0.2, 0.25) is 0 Å². The van der Waals surface area contributed by atoms with Gasteiger partial charge in [0.1, 0.15) is 4.34 Å². The molecule has 0 aliphatic rings. The first-order chi connectivity index (χ1) is 10.8. The van der Waals surface area contributed by atoms with Crippen molar-refractivity contribution in [2.75, 3.05) is 5.32 Å². The van der Waals surface area contributed by atoms with Gasteiger partial charge < -0.3 is 10.1 Å². The lowest BCUT2D eigenvalue weighted by Gasteiger charge is -2.15. The average Bonchev–Trinajstić information content (AvgIpc) is 2.81. The van der Waals surface area contributed by atoms with Crippen LogP contribution in [0.5, 0.6) is 0 Å². The van der Waals surface area contributed by atoms with Crippen molar-refractivity contribution in [3.05, 3.63) is 49.6 Å². The number of rotatable bonds is 4. The number of thiophene rings is 1. The van der Waals surface area contributed by atoms with Crippen LogP contribution in [0, 0.1) is 13.8 Å². The van der Waals surface area contributed by atoms with E-state index in [0.717, 1.165) is 22.5 Å². The highest BCUT2D eigenvalue weighted by Crippen LogP contribution is 2.31. The van der Waals surface area contributed by atoms with E-state index >= 15 is 0 Å². The molecule has 0 saturated heterocycles. The molecule has 1 heterocycles. The molecule has 0 radical (unpaired) electrons. The highest BCUT2D eigenvalue weighted by atomic mass is 35.5. The van der Waals surface area contributed by atoms with Gasteiger partial charge in [0.25, 0.3) is 5.91 Å². The summed E-state index contributed by atoms with van der Waals surface area (Å²) in [6.07, 6.45) is -0.961. The third kappa shape index (κ3) is 4.47. The number of nitrogens with one attached hydrogen (secondary N) is 1. The molecule has 0 aliphatic heterocycles. The number of amides is 1. The maximum absolute atomic E-state index is 12.2. The van der Waals surface area contributed by atoms with Gasteiger partial charge in [0.15, 0.2) is 6.10 Å². The second-order valence-corrected chi connectivity index (χ2v) is 7.38. The zero-order valence-electron chi connectivity index (χ0n) is 12.8. The number of carbonyl (C=O) groups excluding carboxylic acids is 2. The fraction of sp³-hybridized carbons (Fsp3) is 0.250. The molecule has 1 aromatic heterocycles. The molecule has 1 aromatic carbocycles. The summed E-state index contributed by atoms with van der Waals surface area (Å²) in [5.74, 6) is -1.09. The molecule has 0 spiro atoms. The Kier molecular flexibility index (Phi) is 5.68. The molecule has 2 aromatic rings. The smallest absolute Gasteiger partial charge is 0.341 e. The summed E-state index contributed by atoms with van der Waals surface area (Å²) in [5.41, 5.74) is 2.80. The molecule has 0 aliphatic carbocycles. The number of ether oxygens (including phenoxy) is 1. The third-order valence-corrected chi connectivity index (χ3v) is 4.67. The lowest BCUT2D eigenvalue weighted by molar-refractivity contribution is -0.123. The molecule has 122 valence electrons. The van der Waals surface area contributed by atoms with Crippen molar-refractivity contribution in [1.29, 1.82) is 0 Å². The molecular weight excluding hydrogens is 357 g/mol. The molecule has 2 rings (SSSR count). The number of carbonyl (C=O) groups is 2. The van der Waals surface area contributed by atoms with Crippen molar-refractivity contribution in [1.82, 2.24) is 0 Å². The third-order valence-electron chi connectivity index (χ3n) is 3.18. The monoisotopic (exact) mass is 371 g/mol. The highest BCUT2D eigenvalue weighted by molar-refractivity contribution is 7.20. The fourth-order valence-electron chi connectivity index (χ4n) is 1.86. The van der Waals surface area contributed by atoms with E-state index in [1.54, 1.807) is 0 Å². The van der Waals surface area contributed by atoms with Crippen LogP contribution in [0.1, 0.15) is 28.4 Å². The van der Waals surface area contributed by atoms with E-state index in [1.165, 1.54) is 13.0 Å². The summed E-state index contributed by atoms with van der Waals surface area (Å²) in [6, 6.07) is 7.15. The molecule has 1 unspecified atom stereocenters.